The molecule has 3 N–H and O–H groups in total. The number of aromatic nitrogens is 1. The van der Waals surface area contributed by atoms with Gasteiger partial charge in [0.15, 0.2) is 5.96 Å². The fourth-order valence-electron chi connectivity index (χ4n) is 1.86. The minimum Gasteiger partial charge on any atom is -0.370 e. The van der Waals surface area contributed by atoms with Crippen LogP contribution < -0.4 is 11.1 Å². The Morgan fingerprint density at radius 3 is 2.65 bits per heavy atom. The molecule has 0 aliphatic rings. The molecule has 4 heteroatoms. The van der Waals surface area contributed by atoms with Gasteiger partial charge in [0.05, 0.1) is 12.2 Å². The van der Waals surface area contributed by atoms with Gasteiger partial charge in [0, 0.05) is 11.9 Å². The average molecular weight is 268 g/mol. The van der Waals surface area contributed by atoms with Crippen LogP contribution in [0.4, 0.5) is 5.69 Å². The molecule has 2 rings (SSSR count). The molecular formula is C16H20N4. The molecule has 1 aromatic heterocycles. The van der Waals surface area contributed by atoms with Crippen molar-refractivity contribution in [3.63, 3.8) is 0 Å². The molecule has 0 saturated heterocycles. The number of nitrogens with two attached hydrogens (primary N) is 1. The summed E-state index contributed by atoms with van der Waals surface area (Å²) in [5, 5.41) is 3.08. The van der Waals surface area contributed by atoms with Gasteiger partial charge in [-0.05, 0) is 42.7 Å². The van der Waals surface area contributed by atoms with Crippen LogP contribution in [0.3, 0.4) is 0 Å². The predicted molar refractivity (Wildman–Crippen MR) is 83.7 cm³/mol. The van der Waals surface area contributed by atoms with Crippen molar-refractivity contribution in [1.29, 1.82) is 0 Å². The first-order valence-electron chi connectivity index (χ1n) is 6.75. The van der Waals surface area contributed by atoms with Crippen LogP contribution in [-0.2, 0) is 13.0 Å². The van der Waals surface area contributed by atoms with Crippen molar-refractivity contribution in [2.24, 2.45) is 10.7 Å². The van der Waals surface area contributed by atoms with Gasteiger partial charge in [-0.3, -0.25) is 4.98 Å². The topological polar surface area (TPSA) is 63.3 Å². The number of hydrogen-bond donors (Lipinski definition) is 2. The Hall–Kier alpha value is -2.36. The Morgan fingerprint density at radius 1 is 1.25 bits per heavy atom. The van der Waals surface area contributed by atoms with Crippen LogP contribution in [0.2, 0.25) is 0 Å². The van der Waals surface area contributed by atoms with E-state index in [0.717, 1.165) is 23.4 Å². The molecule has 0 fully saturated rings. The maximum atomic E-state index is 5.89. The average Bonchev–Trinajstić information content (AvgIpc) is 2.47. The van der Waals surface area contributed by atoms with Crippen LogP contribution in [0.5, 0.6) is 0 Å². The summed E-state index contributed by atoms with van der Waals surface area (Å²) in [5.74, 6) is 0.402. The minimum atomic E-state index is 0.402. The fraction of sp³-hybridized carbons (Fsp3) is 0.250. The Kier molecular flexibility index (Phi) is 4.71. The number of aliphatic imine (C=N–C) groups is 1. The minimum absolute atomic E-state index is 0.402. The zero-order valence-electron chi connectivity index (χ0n) is 11.9. The van der Waals surface area contributed by atoms with Crippen LogP contribution in [0, 0.1) is 6.92 Å². The molecular weight excluding hydrogens is 248 g/mol. The van der Waals surface area contributed by atoms with Gasteiger partial charge in [-0.2, -0.15) is 0 Å². The highest BCUT2D eigenvalue weighted by molar-refractivity contribution is 5.92. The van der Waals surface area contributed by atoms with E-state index in [-0.39, 0.29) is 0 Å². The third-order valence-corrected chi connectivity index (χ3v) is 3.15. The summed E-state index contributed by atoms with van der Waals surface area (Å²) >= 11 is 0. The zero-order valence-corrected chi connectivity index (χ0v) is 11.9. The normalized spacial score (nSPS) is 11.4. The Morgan fingerprint density at radius 2 is 2.00 bits per heavy atom. The predicted octanol–water partition coefficient (Wildman–Crippen LogP) is 2.88. The number of benzene rings is 1. The van der Waals surface area contributed by atoms with E-state index in [4.69, 9.17) is 5.73 Å². The van der Waals surface area contributed by atoms with E-state index in [1.807, 2.05) is 31.2 Å². The SMILES string of the molecule is CCc1ccc(NC(N)=NCc2ncccc2C)cc1. The van der Waals surface area contributed by atoms with Gasteiger partial charge in [-0.1, -0.05) is 25.1 Å². The lowest BCUT2D eigenvalue weighted by Crippen LogP contribution is -2.22. The lowest BCUT2D eigenvalue weighted by molar-refractivity contribution is 0.964. The van der Waals surface area contributed by atoms with Crippen molar-refractivity contribution in [3.05, 3.63) is 59.4 Å². The van der Waals surface area contributed by atoms with E-state index in [1.54, 1.807) is 6.20 Å². The summed E-state index contributed by atoms with van der Waals surface area (Å²) in [5.41, 5.74) is 10.2. The highest BCUT2D eigenvalue weighted by Gasteiger charge is 1.99. The van der Waals surface area contributed by atoms with Crippen LogP contribution >= 0.6 is 0 Å². The molecule has 2 aromatic rings. The summed E-state index contributed by atoms with van der Waals surface area (Å²) in [7, 11) is 0. The molecule has 0 aliphatic heterocycles. The molecule has 0 atom stereocenters. The van der Waals surface area contributed by atoms with Crippen molar-refractivity contribution in [1.82, 2.24) is 4.98 Å². The second-order valence-electron chi connectivity index (χ2n) is 4.64. The van der Waals surface area contributed by atoms with Crippen molar-refractivity contribution < 1.29 is 0 Å². The van der Waals surface area contributed by atoms with E-state index < -0.39 is 0 Å². The second kappa shape index (κ2) is 6.70. The largest absolute Gasteiger partial charge is 0.370 e. The molecule has 0 bridgehead atoms. The summed E-state index contributed by atoms with van der Waals surface area (Å²) in [6, 6.07) is 12.1. The van der Waals surface area contributed by atoms with Crippen LogP contribution in [0.1, 0.15) is 23.7 Å². The van der Waals surface area contributed by atoms with Crippen molar-refractivity contribution in [3.8, 4) is 0 Å². The third kappa shape index (κ3) is 3.82. The maximum Gasteiger partial charge on any atom is 0.193 e. The van der Waals surface area contributed by atoms with E-state index >= 15 is 0 Å². The number of rotatable bonds is 4. The molecule has 1 heterocycles. The van der Waals surface area contributed by atoms with Crippen LogP contribution in [0.25, 0.3) is 0 Å². The molecule has 1 aromatic carbocycles. The lowest BCUT2D eigenvalue weighted by Gasteiger charge is -2.07. The third-order valence-electron chi connectivity index (χ3n) is 3.15. The standard InChI is InChI=1S/C16H20N4/c1-3-13-6-8-14(9-7-13)20-16(17)19-11-15-12(2)5-4-10-18-15/h4-10H,3,11H2,1-2H3,(H3,17,19,20). The number of hydrogen-bond acceptors (Lipinski definition) is 2. The van der Waals surface area contributed by atoms with Crippen molar-refractivity contribution in [2.75, 3.05) is 5.32 Å². The zero-order chi connectivity index (χ0) is 14.4. The molecule has 0 spiro atoms. The summed E-state index contributed by atoms with van der Waals surface area (Å²) in [4.78, 5) is 8.60. The fourth-order valence-corrected chi connectivity index (χ4v) is 1.86. The van der Waals surface area contributed by atoms with E-state index in [2.05, 4.69) is 34.3 Å². The molecule has 20 heavy (non-hydrogen) atoms. The molecule has 0 unspecified atom stereocenters. The van der Waals surface area contributed by atoms with Crippen LogP contribution in [0.15, 0.2) is 47.6 Å². The Labute approximate surface area is 119 Å². The first-order valence-corrected chi connectivity index (χ1v) is 6.75. The highest BCUT2D eigenvalue weighted by atomic mass is 15.1. The maximum absolute atomic E-state index is 5.89. The molecule has 0 radical (unpaired) electrons. The summed E-state index contributed by atoms with van der Waals surface area (Å²) in [6.07, 6.45) is 2.80. The van der Waals surface area contributed by atoms with Gasteiger partial charge in [-0.15, -0.1) is 0 Å². The number of nitrogens with one attached hydrogen (secondary N) is 1. The first kappa shape index (κ1) is 14.1. The van der Waals surface area contributed by atoms with E-state index in [9.17, 15) is 0 Å². The van der Waals surface area contributed by atoms with Gasteiger partial charge in [0.25, 0.3) is 0 Å². The van der Waals surface area contributed by atoms with Crippen molar-refractivity contribution in [2.45, 2.75) is 26.8 Å². The number of nitrogens with zero attached hydrogens (tertiary/aromatic N) is 2. The summed E-state index contributed by atoms with van der Waals surface area (Å²) < 4.78 is 0. The van der Waals surface area contributed by atoms with Gasteiger partial charge >= 0.3 is 0 Å². The number of aryl methyl sites for hydroxylation is 2. The smallest absolute Gasteiger partial charge is 0.193 e. The quantitative estimate of drug-likeness (QED) is 0.662. The number of guanidine groups is 1. The van der Waals surface area contributed by atoms with Gasteiger partial charge < -0.3 is 11.1 Å². The van der Waals surface area contributed by atoms with Crippen molar-refractivity contribution >= 4 is 11.6 Å². The highest BCUT2D eigenvalue weighted by Crippen LogP contribution is 2.10. The Balaban J connectivity index is 1.98. The molecule has 4 nitrogen and oxygen atoms in total. The van der Waals surface area contributed by atoms with Crippen LogP contribution in [-0.4, -0.2) is 10.9 Å². The first-order chi connectivity index (χ1) is 9.69. The second-order valence-corrected chi connectivity index (χ2v) is 4.64. The monoisotopic (exact) mass is 268 g/mol. The summed E-state index contributed by atoms with van der Waals surface area (Å²) in [6.45, 7) is 4.64. The molecule has 0 saturated carbocycles. The molecule has 104 valence electrons. The molecule has 0 aliphatic carbocycles. The van der Waals surface area contributed by atoms with E-state index in [0.29, 0.717) is 12.5 Å². The van der Waals surface area contributed by atoms with E-state index in [1.165, 1.54) is 5.56 Å². The Bertz CT molecular complexity index is 588. The number of pyridine rings is 1. The molecule has 0 amide bonds. The van der Waals surface area contributed by atoms with Gasteiger partial charge in [0.2, 0.25) is 0 Å². The number of anilines is 1. The lowest BCUT2D eigenvalue weighted by atomic mass is 10.1. The van der Waals surface area contributed by atoms with Gasteiger partial charge in [0.1, 0.15) is 0 Å². The van der Waals surface area contributed by atoms with Gasteiger partial charge in [-0.25, -0.2) is 4.99 Å².